The van der Waals surface area contributed by atoms with Crippen LogP contribution >= 0.6 is 7.14 Å². The summed E-state index contributed by atoms with van der Waals surface area (Å²) in [6.07, 6.45) is 0. The van der Waals surface area contributed by atoms with Gasteiger partial charge in [-0.25, -0.2) is 23.7 Å². The van der Waals surface area contributed by atoms with E-state index in [4.69, 9.17) is 9.97 Å². The van der Waals surface area contributed by atoms with Crippen LogP contribution in [-0.2, 0) is 4.57 Å². The van der Waals surface area contributed by atoms with Crippen molar-refractivity contribution in [2.75, 3.05) is 0 Å². The summed E-state index contributed by atoms with van der Waals surface area (Å²) in [6, 6.07) is 37.8. The first-order chi connectivity index (χ1) is 19.5. The van der Waals surface area contributed by atoms with E-state index in [1.54, 1.807) is 24.3 Å². The zero-order valence-electron chi connectivity index (χ0n) is 21.2. The molecule has 0 spiro atoms. The molecule has 40 heavy (non-hydrogen) atoms. The van der Waals surface area contributed by atoms with Gasteiger partial charge in [-0.2, -0.15) is 0 Å². The maximum Gasteiger partial charge on any atom is 0.171 e. The molecule has 0 radical (unpaired) electrons. The average molecular weight is 546 g/mol. The highest BCUT2D eigenvalue weighted by molar-refractivity contribution is 7.85. The largest absolute Gasteiger partial charge is 0.309 e. The van der Waals surface area contributed by atoms with Crippen LogP contribution in [0.25, 0.3) is 34.2 Å². The van der Waals surface area contributed by atoms with Crippen LogP contribution in [0.1, 0.15) is 0 Å². The summed E-state index contributed by atoms with van der Waals surface area (Å²) in [6.45, 7) is 0. The lowest BCUT2D eigenvalue weighted by molar-refractivity contribution is 0.592. The zero-order chi connectivity index (χ0) is 27.5. The molecule has 1 heterocycles. The summed E-state index contributed by atoms with van der Waals surface area (Å²) in [5.41, 5.74) is 1.74. The third kappa shape index (κ3) is 4.86. The Kier molecular flexibility index (Phi) is 6.85. The van der Waals surface area contributed by atoms with Crippen LogP contribution in [0.4, 0.5) is 8.78 Å². The molecule has 5 aromatic carbocycles. The van der Waals surface area contributed by atoms with E-state index < -0.39 is 7.14 Å². The first-order valence-electron chi connectivity index (χ1n) is 12.6. The van der Waals surface area contributed by atoms with Gasteiger partial charge >= 0.3 is 0 Å². The number of benzene rings is 5. The summed E-state index contributed by atoms with van der Waals surface area (Å²) < 4.78 is 42.7. The molecule has 0 saturated heterocycles. The molecule has 0 unspecified atom stereocenters. The number of halogens is 2. The Labute approximate surface area is 230 Å². The standard InChI is InChI=1S/C33H22F2N3OP/c34-25-19-15-23(16-20-25)31-36-32(24-17-21-26(35)22-18-24)38-33(37-31)29-13-7-8-14-30(29)40(39,27-9-3-1-4-10-27)28-11-5-2-6-12-28/h1-22H. The average Bonchev–Trinajstić information content (AvgIpc) is 3.02. The second-order valence-corrected chi connectivity index (χ2v) is 11.9. The summed E-state index contributed by atoms with van der Waals surface area (Å²) in [5.74, 6) is 0.167. The van der Waals surface area contributed by atoms with Gasteiger partial charge < -0.3 is 4.57 Å². The van der Waals surface area contributed by atoms with Gasteiger partial charge in [-0.05, 0) is 48.5 Å². The SMILES string of the molecule is O=P(c1ccccc1)(c1ccccc1)c1ccccc1-c1nc(-c2ccc(F)cc2)nc(-c2ccc(F)cc2)n1. The molecule has 0 atom stereocenters. The molecular formula is C33H22F2N3OP. The molecule has 1 aromatic heterocycles. The molecular weight excluding hydrogens is 523 g/mol. The topological polar surface area (TPSA) is 55.7 Å². The van der Waals surface area contributed by atoms with Crippen LogP contribution in [0.15, 0.2) is 133 Å². The molecule has 0 bridgehead atoms. The van der Waals surface area contributed by atoms with Crippen LogP contribution in [0.3, 0.4) is 0 Å². The van der Waals surface area contributed by atoms with E-state index in [0.29, 0.717) is 50.1 Å². The quantitative estimate of drug-likeness (QED) is 0.216. The predicted octanol–water partition coefficient (Wildman–Crippen LogP) is 6.79. The van der Waals surface area contributed by atoms with E-state index >= 15 is 4.57 Å². The molecule has 194 valence electrons. The molecule has 7 heteroatoms. The minimum atomic E-state index is -3.37. The Balaban J connectivity index is 1.62. The highest BCUT2D eigenvalue weighted by Gasteiger charge is 2.33. The summed E-state index contributed by atoms with van der Waals surface area (Å²) in [7, 11) is -3.37. The number of nitrogens with zero attached hydrogens (tertiary/aromatic N) is 3. The smallest absolute Gasteiger partial charge is 0.171 e. The molecule has 0 aliphatic carbocycles. The van der Waals surface area contributed by atoms with Gasteiger partial charge in [0.1, 0.15) is 11.6 Å². The fourth-order valence-electron chi connectivity index (χ4n) is 4.59. The molecule has 6 rings (SSSR count). The normalized spacial score (nSPS) is 11.3. The van der Waals surface area contributed by atoms with Gasteiger partial charge in [0.05, 0.1) is 0 Å². The highest BCUT2D eigenvalue weighted by Crippen LogP contribution is 2.45. The minimum absolute atomic E-state index is 0.302. The van der Waals surface area contributed by atoms with Gasteiger partial charge in [0.25, 0.3) is 0 Å². The summed E-state index contributed by atoms with van der Waals surface area (Å²) >= 11 is 0. The highest BCUT2D eigenvalue weighted by atomic mass is 31.2. The number of hydrogen-bond acceptors (Lipinski definition) is 4. The second kappa shape index (κ2) is 10.8. The molecule has 0 N–H and O–H groups in total. The lowest BCUT2D eigenvalue weighted by Crippen LogP contribution is -2.26. The van der Waals surface area contributed by atoms with Crippen molar-refractivity contribution in [3.05, 3.63) is 145 Å². The number of hydrogen-bond donors (Lipinski definition) is 0. The molecule has 0 aliphatic rings. The summed E-state index contributed by atoms with van der Waals surface area (Å²) in [5, 5.41) is 1.94. The van der Waals surface area contributed by atoms with Gasteiger partial charge in [-0.15, -0.1) is 0 Å². The Hall–Kier alpha value is -4.80. The third-order valence-electron chi connectivity index (χ3n) is 6.56. The minimum Gasteiger partial charge on any atom is -0.309 e. The van der Waals surface area contributed by atoms with E-state index in [-0.39, 0.29) is 11.6 Å². The molecule has 4 nitrogen and oxygen atoms in total. The van der Waals surface area contributed by atoms with Crippen molar-refractivity contribution in [3.63, 3.8) is 0 Å². The Bertz CT molecular complexity index is 1720. The Morgan fingerprint density at radius 2 is 0.850 bits per heavy atom. The van der Waals surface area contributed by atoms with Crippen molar-refractivity contribution in [2.24, 2.45) is 0 Å². The van der Waals surface area contributed by atoms with Crippen molar-refractivity contribution in [2.45, 2.75) is 0 Å². The van der Waals surface area contributed by atoms with Gasteiger partial charge in [0, 0.05) is 32.6 Å². The van der Waals surface area contributed by atoms with Gasteiger partial charge in [-0.3, -0.25) is 0 Å². The fourth-order valence-corrected chi connectivity index (χ4v) is 7.44. The van der Waals surface area contributed by atoms with Gasteiger partial charge in [0.2, 0.25) is 0 Å². The van der Waals surface area contributed by atoms with Crippen molar-refractivity contribution in [1.29, 1.82) is 0 Å². The molecule has 0 aliphatic heterocycles. The van der Waals surface area contributed by atoms with Gasteiger partial charge in [-0.1, -0.05) is 84.9 Å². The maximum absolute atomic E-state index is 15.2. The van der Waals surface area contributed by atoms with Crippen LogP contribution < -0.4 is 15.9 Å². The second-order valence-electron chi connectivity index (χ2n) is 9.12. The van der Waals surface area contributed by atoms with Crippen LogP contribution in [0, 0.1) is 11.6 Å². The Morgan fingerprint density at radius 1 is 0.450 bits per heavy atom. The maximum atomic E-state index is 15.2. The van der Waals surface area contributed by atoms with Crippen LogP contribution in [0.5, 0.6) is 0 Å². The van der Waals surface area contributed by atoms with Crippen molar-refractivity contribution >= 4 is 23.1 Å². The first kappa shape index (κ1) is 25.5. The van der Waals surface area contributed by atoms with Crippen LogP contribution in [-0.4, -0.2) is 15.0 Å². The molecule has 0 amide bonds. The van der Waals surface area contributed by atoms with E-state index in [0.717, 1.165) is 0 Å². The zero-order valence-corrected chi connectivity index (χ0v) is 22.0. The van der Waals surface area contributed by atoms with E-state index in [2.05, 4.69) is 4.98 Å². The number of aromatic nitrogens is 3. The first-order valence-corrected chi connectivity index (χ1v) is 14.3. The third-order valence-corrected chi connectivity index (χ3v) is 9.68. The predicted molar refractivity (Wildman–Crippen MR) is 155 cm³/mol. The molecule has 0 saturated carbocycles. The van der Waals surface area contributed by atoms with Crippen molar-refractivity contribution in [1.82, 2.24) is 15.0 Å². The van der Waals surface area contributed by atoms with Crippen molar-refractivity contribution < 1.29 is 13.3 Å². The van der Waals surface area contributed by atoms with Crippen LogP contribution in [0.2, 0.25) is 0 Å². The van der Waals surface area contributed by atoms with E-state index in [1.165, 1.54) is 24.3 Å². The number of rotatable bonds is 6. The molecule has 6 aromatic rings. The Morgan fingerprint density at radius 3 is 1.32 bits per heavy atom. The molecule has 0 fully saturated rings. The summed E-state index contributed by atoms with van der Waals surface area (Å²) in [4.78, 5) is 14.2. The lowest BCUT2D eigenvalue weighted by atomic mass is 10.1. The van der Waals surface area contributed by atoms with E-state index in [1.807, 2.05) is 84.9 Å². The fraction of sp³-hybridized carbons (Fsp3) is 0. The van der Waals surface area contributed by atoms with E-state index in [9.17, 15) is 8.78 Å². The van der Waals surface area contributed by atoms with Gasteiger partial charge in [0.15, 0.2) is 24.6 Å². The monoisotopic (exact) mass is 545 g/mol. The lowest BCUT2D eigenvalue weighted by Gasteiger charge is -2.22. The van der Waals surface area contributed by atoms with Crippen molar-refractivity contribution in [3.8, 4) is 34.2 Å².